The number of rotatable bonds is 10. The SMILES string of the molecule is CC.CCN(CCCOc1nc2c(c(N3CC(C)N(C(=O)OC(C)(C)C)C(C)C3)n1)CCNC2)CCOC. The summed E-state index contributed by atoms with van der Waals surface area (Å²) in [5, 5.41) is 3.42. The summed E-state index contributed by atoms with van der Waals surface area (Å²) in [4.78, 5) is 29.0. The molecule has 0 aromatic carbocycles. The summed E-state index contributed by atoms with van der Waals surface area (Å²) in [5.74, 6) is 0.939. The van der Waals surface area contributed by atoms with Gasteiger partial charge in [0, 0.05) is 45.4 Å². The average Bonchev–Trinajstić information content (AvgIpc) is 2.87. The third-order valence-corrected chi connectivity index (χ3v) is 6.63. The highest BCUT2D eigenvalue weighted by Gasteiger charge is 2.37. The molecule has 10 heteroatoms. The van der Waals surface area contributed by atoms with Crippen molar-refractivity contribution >= 4 is 11.9 Å². The highest BCUT2D eigenvalue weighted by molar-refractivity contribution is 5.69. The van der Waals surface area contributed by atoms with E-state index in [1.165, 1.54) is 5.56 Å². The Morgan fingerprint density at radius 2 is 1.79 bits per heavy atom. The van der Waals surface area contributed by atoms with Gasteiger partial charge in [-0.15, -0.1) is 0 Å². The molecule has 2 unspecified atom stereocenters. The lowest BCUT2D eigenvalue weighted by Gasteiger charge is -2.45. The van der Waals surface area contributed by atoms with Crippen molar-refractivity contribution < 1.29 is 19.0 Å². The molecule has 0 radical (unpaired) electrons. The summed E-state index contributed by atoms with van der Waals surface area (Å²) >= 11 is 0. The first-order valence-electron chi connectivity index (χ1n) is 14.3. The number of aromatic nitrogens is 2. The van der Waals surface area contributed by atoms with Crippen molar-refractivity contribution in [2.75, 3.05) is 64.5 Å². The van der Waals surface area contributed by atoms with Crippen LogP contribution in [0.3, 0.4) is 0 Å². The fraction of sp³-hybridized carbons (Fsp3) is 0.821. The van der Waals surface area contributed by atoms with E-state index in [0.29, 0.717) is 32.3 Å². The quantitative estimate of drug-likeness (QED) is 0.449. The Labute approximate surface area is 230 Å². The number of amides is 1. The van der Waals surface area contributed by atoms with Gasteiger partial charge in [-0.25, -0.2) is 4.79 Å². The minimum Gasteiger partial charge on any atom is -0.463 e. The van der Waals surface area contributed by atoms with E-state index < -0.39 is 5.60 Å². The lowest BCUT2D eigenvalue weighted by atomic mass is 10.0. The van der Waals surface area contributed by atoms with E-state index in [1.54, 1.807) is 7.11 Å². The topological polar surface area (TPSA) is 92.3 Å². The molecule has 2 aliphatic heterocycles. The molecule has 2 aliphatic rings. The normalized spacial score (nSPS) is 19.5. The molecule has 0 spiro atoms. The number of piperazine rings is 1. The largest absolute Gasteiger partial charge is 0.463 e. The molecule has 0 bridgehead atoms. The number of carbonyl (C=O) groups is 1. The maximum Gasteiger partial charge on any atom is 0.410 e. The predicted molar refractivity (Wildman–Crippen MR) is 152 cm³/mol. The Morgan fingerprint density at radius 3 is 2.39 bits per heavy atom. The van der Waals surface area contributed by atoms with Crippen molar-refractivity contribution in [1.82, 2.24) is 25.1 Å². The van der Waals surface area contributed by atoms with Gasteiger partial charge < -0.3 is 29.3 Å². The van der Waals surface area contributed by atoms with E-state index in [4.69, 9.17) is 24.2 Å². The summed E-state index contributed by atoms with van der Waals surface area (Å²) < 4.78 is 16.9. The van der Waals surface area contributed by atoms with Gasteiger partial charge in [-0.1, -0.05) is 20.8 Å². The van der Waals surface area contributed by atoms with Gasteiger partial charge in [0.05, 0.1) is 31.0 Å². The molecule has 1 fully saturated rings. The van der Waals surface area contributed by atoms with Crippen LogP contribution in [0.15, 0.2) is 0 Å². The zero-order valence-corrected chi connectivity index (χ0v) is 25.3. The Hall–Kier alpha value is -2.17. The van der Waals surface area contributed by atoms with Crippen LogP contribution in [0.5, 0.6) is 6.01 Å². The zero-order chi connectivity index (χ0) is 28.3. The lowest BCUT2D eigenvalue weighted by Crippen LogP contribution is -2.59. The Balaban J connectivity index is 0.00000247. The highest BCUT2D eigenvalue weighted by atomic mass is 16.6. The molecule has 218 valence electrons. The number of nitrogens with zero attached hydrogens (tertiary/aromatic N) is 5. The van der Waals surface area contributed by atoms with Crippen molar-refractivity contribution in [2.24, 2.45) is 0 Å². The van der Waals surface area contributed by atoms with Gasteiger partial charge in [0.1, 0.15) is 11.4 Å². The van der Waals surface area contributed by atoms with Crippen LogP contribution in [0.2, 0.25) is 0 Å². The molecule has 1 amide bonds. The minimum atomic E-state index is -0.517. The van der Waals surface area contributed by atoms with Crippen molar-refractivity contribution in [3.8, 4) is 6.01 Å². The van der Waals surface area contributed by atoms with Crippen LogP contribution in [-0.4, -0.2) is 103 Å². The molecule has 10 nitrogen and oxygen atoms in total. The lowest BCUT2D eigenvalue weighted by molar-refractivity contribution is 0.00557. The number of carbonyl (C=O) groups excluding carboxylic acids is 1. The Kier molecular flexibility index (Phi) is 13.0. The molecule has 3 heterocycles. The zero-order valence-electron chi connectivity index (χ0n) is 25.3. The molecule has 0 aliphatic carbocycles. The van der Waals surface area contributed by atoms with E-state index in [2.05, 4.69) is 35.9 Å². The molecule has 1 aromatic rings. The number of hydrogen-bond acceptors (Lipinski definition) is 9. The molecule has 0 saturated carbocycles. The average molecular weight is 537 g/mol. The van der Waals surface area contributed by atoms with E-state index in [9.17, 15) is 4.79 Å². The second-order valence-electron chi connectivity index (χ2n) is 10.8. The molecule has 1 aromatic heterocycles. The van der Waals surface area contributed by atoms with Gasteiger partial charge in [-0.2, -0.15) is 9.97 Å². The first kappa shape index (κ1) is 32.0. The second-order valence-corrected chi connectivity index (χ2v) is 10.8. The van der Waals surface area contributed by atoms with Crippen LogP contribution in [0.4, 0.5) is 10.6 Å². The maximum atomic E-state index is 12.9. The number of methoxy groups -OCH3 is 1. The van der Waals surface area contributed by atoms with Gasteiger partial charge in [0.15, 0.2) is 0 Å². The highest BCUT2D eigenvalue weighted by Crippen LogP contribution is 2.30. The van der Waals surface area contributed by atoms with Gasteiger partial charge in [-0.05, 0) is 60.5 Å². The summed E-state index contributed by atoms with van der Waals surface area (Å²) in [7, 11) is 1.73. The van der Waals surface area contributed by atoms with E-state index in [0.717, 1.165) is 57.1 Å². The first-order chi connectivity index (χ1) is 18.1. The second kappa shape index (κ2) is 15.4. The number of anilines is 1. The summed E-state index contributed by atoms with van der Waals surface area (Å²) in [6, 6.07) is 0.419. The van der Waals surface area contributed by atoms with Crippen molar-refractivity contribution in [3.05, 3.63) is 11.3 Å². The van der Waals surface area contributed by atoms with Gasteiger partial charge in [0.2, 0.25) is 0 Å². The summed E-state index contributed by atoms with van der Waals surface area (Å²) in [6.07, 6.45) is 1.52. The summed E-state index contributed by atoms with van der Waals surface area (Å²) in [6.45, 7) is 23.1. The molecule has 1 saturated heterocycles. The number of fused-ring (bicyclic) bond motifs is 1. The van der Waals surface area contributed by atoms with Crippen molar-refractivity contribution in [3.63, 3.8) is 0 Å². The van der Waals surface area contributed by atoms with Gasteiger partial charge >= 0.3 is 12.1 Å². The Bertz CT molecular complexity index is 850. The third-order valence-electron chi connectivity index (χ3n) is 6.63. The molecule has 3 rings (SSSR count). The smallest absolute Gasteiger partial charge is 0.410 e. The third kappa shape index (κ3) is 9.24. The predicted octanol–water partition coefficient (Wildman–Crippen LogP) is 3.72. The van der Waals surface area contributed by atoms with Gasteiger partial charge in [0.25, 0.3) is 0 Å². The Morgan fingerprint density at radius 1 is 1.11 bits per heavy atom. The first-order valence-corrected chi connectivity index (χ1v) is 14.3. The molecular formula is C28H52N6O4. The molecular weight excluding hydrogens is 484 g/mol. The van der Waals surface area contributed by atoms with Crippen molar-refractivity contribution in [1.29, 1.82) is 0 Å². The molecule has 38 heavy (non-hydrogen) atoms. The van der Waals surface area contributed by atoms with Crippen LogP contribution in [-0.2, 0) is 22.4 Å². The maximum absolute atomic E-state index is 12.9. The van der Waals surface area contributed by atoms with E-state index in [1.807, 2.05) is 39.5 Å². The van der Waals surface area contributed by atoms with E-state index >= 15 is 0 Å². The minimum absolute atomic E-state index is 0.00701. The fourth-order valence-corrected chi connectivity index (χ4v) is 4.91. The fourth-order valence-electron chi connectivity index (χ4n) is 4.91. The molecule has 2 atom stereocenters. The van der Waals surface area contributed by atoms with Gasteiger partial charge in [-0.3, -0.25) is 4.90 Å². The van der Waals surface area contributed by atoms with Crippen LogP contribution in [0, 0.1) is 0 Å². The van der Waals surface area contributed by atoms with Crippen LogP contribution < -0.4 is 15.0 Å². The van der Waals surface area contributed by atoms with Crippen molar-refractivity contribution in [2.45, 2.75) is 92.5 Å². The number of likely N-dealkylation sites (N-methyl/N-ethyl adjacent to an activating group) is 1. The van der Waals surface area contributed by atoms with Crippen LogP contribution in [0.1, 0.15) is 73.1 Å². The molecule has 1 N–H and O–H groups in total. The van der Waals surface area contributed by atoms with E-state index in [-0.39, 0.29) is 18.2 Å². The number of ether oxygens (including phenoxy) is 3. The monoisotopic (exact) mass is 536 g/mol. The van der Waals surface area contributed by atoms with Crippen LogP contribution in [0.25, 0.3) is 0 Å². The number of nitrogens with one attached hydrogen (secondary N) is 1. The summed E-state index contributed by atoms with van der Waals surface area (Å²) in [5.41, 5.74) is 1.67. The standard InChI is InChI=1S/C26H46N6O4.C2H6/c1-8-30(13-15-34-7)12-9-14-35-24-28-22-16-27-11-10-21(22)23(29-24)31-17-19(2)32(20(3)18-31)25(33)36-26(4,5)6;1-2/h19-20,27H,8-18H2,1-7H3;1-2H3. The number of hydrogen-bond donors (Lipinski definition) is 1. The van der Waals surface area contributed by atoms with Crippen LogP contribution >= 0.6 is 0 Å².